The van der Waals surface area contributed by atoms with Gasteiger partial charge in [-0.25, -0.2) is 0 Å². The summed E-state index contributed by atoms with van der Waals surface area (Å²) in [5, 5.41) is 6.30. The Bertz CT molecular complexity index is 215. The fraction of sp³-hybridized carbons (Fsp3) is 0.917. The summed E-state index contributed by atoms with van der Waals surface area (Å²) in [5.41, 5.74) is -0.167. The first-order chi connectivity index (χ1) is 7.69. The molecule has 94 valence electrons. The Morgan fingerprint density at radius 2 is 2.25 bits per heavy atom. The van der Waals surface area contributed by atoms with Gasteiger partial charge in [0.25, 0.3) is 0 Å². The first kappa shape index (κ1) is 13.8. The van der Waals surface area contributed by atoms with Crippen LogP contribution in [0.4, 0.5) is 0 Å². The van der Waals surface area contributed by atoms with Gasteiger partial charge in [-0.2, -0.15) is 11.8 Å². The molecule has 0 saturated carbocycles. The lowest BCUT2D eigenvalue weighted by Gasteiger charge is -2.21. The van der Waals surface area contributed by atoms with Gasteiger partial charge in [-0.3, -0.25) is 4.79 Å². The molecule has 16 heavy (non-hydrogen) atoms. The summed E-state index contributed by atoms with van der Waals surface area (Å²) >= 11 is 1.89. The van der Waals surface area contributed by atoms with Crippen molar-refractivity contribution >= 4 is 17.7 Å². The number of thioether (sulfide) groups is 1. The molecule has 1 aliphatic heterocycles. The molecule has 1 heterocycles. The summed E-state index contributed by atoms with van der Waals surface area (Å²) in [6, 6.07) is 0. The number of rotatable bonds is 7. The molecule has 1 saturated heterocycles. The second-order valence-electron chi connectivity index (χ2n) is 4.80. The van der Waals surface area contributed by atoms with Gasteiger partial charge in [0.05, 0.1) is 5.41 Å². The molecule has 0 aromatic heterocycles. The Morgan fingerprint density at radius 3 is 2.88 bits per heavy atom. The highest BCUT2D eigenvalue weighted by Gasteiger charge is 2.35. The minimum atomic E-state index is -0.167. The van der Waals surface area contributed by atoms with Crippen molar-refractivity contribution in [2.24, 2.45) is 5.41 Å². The average molecular weight is 244 g/mol. The molecule has 0 aromatic carbocycles. The number of hydrogen-bond acceptors (Lipinski definition) is 3. The van der Waals surface area contributed by atoms with Gasteiger partial charge < -0.3 is 10.6 Å². The van der Waals surface area contributed by atoms with Crippen LogP contribution >= 0.6 is 11.8 Å². The van der Waals surface area contributed by atoms with Crippen molar-refractivity contribution in [2.45, 2.75) is 32.6 Å². The maximum Gasteiger partial charge on any atom is 0.227 e. The second kappa shape index (κ2) is 7.17. The SMILES string of the molecule is CSCCCCCNC(=O)C1(C)CCNC1. The summed E-state index contributed by atoms with van der Waals surface area (Å²) in [6.07, 6.45) is 6.68. The average Bonchev–Trinajstić information content (AvgIpc) is 2.71. The van der Waals surface area contributed by atoms with Crippen molar-refractivity contribution in [3.05, 3.63) is 0 Å². The van der Waals surface area contributed by atoms with E-state index in [-0.39, 0.29) is 11.3 Å². The smallest absolute Gasteiger partial charge is 0.227 e. The molecule has 2 N–H and O–H groups in total. The normalized spacial score (nSPS) is 24.6. The van der Waals surface area contributed by atoms with Crippen molar-refractivity contribution in [1.29, 1.82) is 0 Å². The van der Waals surface area contributed by atoms with Crippen LogP contribution in [0.3, 0.4) is 0 Å². The van der Waals surface area contributed by atoms with Gasteiger partial charge in [0, 0.05) is 13.1 Å². The molecule has 0 aromatic rings. The highest BCUT2D eigenvalue weighted by atomic mass is 32.2. The first-order valence-electron chi connectivity index (χ1n) is 6.17. The third-order valence-corrected chi connectivity index (χ3v) is 3.92. The maximum atomic E-state index is 11.9. The number of amides is 1. The van der Waals surface area contributed by atoms with E-state index in [1.165, 1.54) is 18.6 Å². The molecule has 1 unspecified atom stereocenters. The van der Waals surface area contributed by atoms with Crippen LogP contribution in [0.15, 0.2) is 0 Å². The minimum absolute atomic E-state index is 0.167. The van der Waals surface area contributed by atoms with Gasteiger partial charge in [-0.1, -0.05) is 6.42 Å². The van der Waals surface area contributed by atoms with E-state index in [0.29, 0.717) is 0 Å². The van der Waals surface area contributed by atoms with E-state index < -0.39 is 0 Å². The first-order valence-corrected chi connectivity index (χ1v) is 7.56. The van der Waals surface area contributed by atoms with E-state index in [1.54, 1.807) is 0 Å². The molecule has 1 amide bonds. The van der Waals surface area contributed by atoms with Crippen LogP contribution in [-0.2, 0) is 4.79 Å². The van der Waals surface area contributed by atoms with Gasteiger partial charge in [-0.05, 0) is 44.7 Å². The predicted molar refractivity (Wildman–Crippen MR) is 70.8 cm³/mol. The van der Waals surface area contributed by atoms with E-state index in [2.05, 4.69) is 23.8 Å². The molecule has 1 atom stereocenters. The van der Waals surface area contributed by atoms with Gasteiger partial charge in [-0.15, -0.1) is 0 Å². The monoisotopic (exact) mass is 244 g/mol. The summed E-state index contributed by atoms with van der Waals surface area (Å²) in [6.45, 7) is 4.68. The van der Waals surface area contributed by atoms with Crippen molar-refractivity contribution in [3.8, 4) is 0 Å². The highest BCUT2D eigenvalue weighted by molar-refractivity contribution is 7.98. The Balaban J connectivity index is 2.06. The molecule has 1 aliphatic rings. The topological polar surface area (TPSA) is 41.1 Å². The number of unbranched alkanes of at least 4 members (excludes halogenated alkanes) is 2. The Morgan fingerprint density at radius 1 is 1.44 bits per heavy atom. The van der Waals surface area contributed by atoms with Crippen LogP contribution in [0, 0.1) is 5.41 Å². The molecule has 0 spiro atoms. The standard InChI is InChI=1S/C12H24N2OS/c1-12(6-8-13-10-12)11(15)14-7-4-3-5-9-16-2/h13H,3-10H2,1-2H3,(H,14,15). The molecule has 0 aliphatic carbocycles. The van der Waals surface area contributed by atoms with Crippen LogP contribution in [0.5, 0.6) is 0 Å². The molecule has 0 bridgehead atoms. The number of carbonyl (C=O) groups excluding carboxylic acids is 1. The second-order valence-corrected chi connectivity index (χ2v) is 5.78. The molecular weight excluding hydrogens is 220 g/mol. The third-order valence-electron chi connectivity index (χ3n) is 3.23. The zero-order valence-electron chi connectivity index (χ0n) is 10.5. The van der Waals surface area contributed by atoms with Crippen molar-refractivity contribution in [3.63, 3.8) is 0 Å². The predicted octanol–water partition coefficient (Wildman–Crippen LogP) is 1.64. The van der Waals surface area contributed by atoms with Crippen LogP contribution in [0.2, 0.25) is 0 Å². The fourth-order valence-electron chi connectivity index (χ4n) is 1.97. The van der Waals surface area contributed by atoms with Crippen LogP contribution in [0.1, 0.15) is 32.6 Å². The molecule has 1 rings (SSSR count). The lowest BCUT2D eigenvalue weighted by molar-refractivity contribution is -0.129. The van der Waals surface area contributed by atoms with Crippen molar-refractivity contribution < 1.29 is 4.79 Å². The highest BCUT2D eigenvalue weighted by Crippen LogP contribution is 2.24. The number of carbonyl (C=O) groups is 1. The van der Waals surface area contributed by atoms with Gasteiger partial charge in [0.15, 0.2) is 0 Å². The van der Waals surface area contributed by atoms with Gasteiger partial charge in [0.2, 0.25) is 5.91 Å². The molecule has 4 heteroatoms. The number of nitrogens with one attached hydrogen (secondary N) is 2. The minimum Gasteiger partial charge on any atom is -0.356 e. The Kier molecular flexibility index (Phi) is 6.21. The van der Waals surface area contributed by atoms with Gasteiger partial charge >= 0.3 is 0 Å². The molecule has 3 nitrogen and oxygen atoms in total. The summed E-state index contributed by atoms with van der Waals surface area (Å²) < 4.78 is 0. The van der Waals surface area contributed by atoms with Gasteiger partial charge in [0.1, 0.15) is 0 Å². The summed E-state index contributed by atoms with van der Waals surface area (Å²) in [5.74, 6) is 1.46. The zero-order chi connectivity index (χ0) is 11.9. The molecular formula is C12H24N2OS. The van der Waals surface area contributed by atoms with E-state index in [9.17, 15) is 4.79 Å². The maximum absolute atomic E-state index is 11.9. The third kappa shape index (κ3) is 4.34. The molecule has 0 radical (unpaired) electrons. The largest absolute Gasteiger partial charge is 0.356 e. The lowest BCUT2D eigenvalue weighted by Crippen LogP contribution is -2.40. The van der Waals surface area contributed by atoms with Crippen LogP contribution in [0.25, 0.3) is 0 Å². The van der Waals surface area contributed by atoms with E-state index >= 15 is 0 Å². The lowest BCUT2D eigenvalue weighted by atomic mass is 9.89. The Hall–Kier alpha value is -0.220. The Labute approximate surface area is 103 Å². The van der Waals surface area contributed by atoms with Crippen LogP contribution in [-0.4, -0.2) is 37.6 Å². The number of hydrogen-bond donors (Lipinski definition) is 2. The van der Waals surface area contributed by atoms with Crippen molar-refractivity contribution in [2.75, 3.05) is 31.6 Å². The fourth-order valence-corrected chi connectivity index (χ4v) is 2.47. The van der Waals surface area contributed by atoms with E-state index in [0.717, 1.165) is 32.5 Å². The summed E-state index contributed by atoms with van der Waals surface area (Å²) in [7, 11) is 0. The van der Waals surface area contributed by atoms with Crippen molar-refractivity contribution in [1.82, 2.24) is 10.6 Å². The van der Waals surface area contributed by atoms with Crippen LogP contribution < -0.4 is 10.6 Å². The summed E-state index contributed by atoms with van der Waals surface area (Å²) in [4.78, 5) is 11.9. The van der Waals surface area contributed by atoms with E-state index in [4.69, 9.17) is 0 Å². The zero-order valence-corrected chi connectivity index (χ0v) is 11.3. The molecule has 1 fully saturated rings. The van der Waals surface area contributed by atoms with E-state index in [1.807, 2.05) is 11.8 Å². The quantitative estimate of drug-likeness (QED) is 0.669.